The molecule has 3 atom stereocenters. The minimum atomic E-state index is -0.469. The molecule has 134 valence electrons. The van der Waals surface area contributed by atoms with Crippen molar-refractivity contribution >= 4 is 11.6 Å². The van der Waals surface area contributed by atoms with Crippen molar-refractivity contribution in [1.29, 1.82) is 0 Å². The number of nitrogens with two attached hydrogens (primary N) is 1. The van der Waals surface area contributed by atoms with Gasteiger partial charge < -0.3 is 15.2 Å². The zero-order chi connectivity index (χ0) is 17.6. The lowest BCUT2D eigenvalue weighted by atomic mass is 9.88. The van der Waals surface area contributed by atoms with Crippen LogP contribution in [0, 0.1) is 0 Å². The molecule has 0 bridgehead atoms. The van der Waals surface area contributed by atoms with Crippen LogP contribution in [0.15, 0.2) is 48.5 Å². The summed E-state index contributed by atoms with van der Waals surface area (Å²) in [5.41, 5.74) is 3.95. The fourth-order valence-electron chi connectivity index (χ4n) is 3.51. The highest BCUT2D eigenvalue weighted by atomic mass is 35.5. The van der Waals surface area contributed by atoms with Crippen LogP contribution < -0.4 is 5.32 Å². The number of aliphatic hydroxyl groups is 1. The van der Waals surface area contributed by atoms with Gasteiger partial charge in [0.05, 0.1) is 12.7 Å². The van der Waals surface area contributed by atoms with Gasteiger partial charge in [0.2, 0.25) is 0 Å². The summed E-state index contributed by atoms with van der Waals surface area (Å²) in [6, 6.07) is 16.8. The van der Waals surface area contributed by atoms with Crippen molar-refractivity contribution in [3.63, 3.8) is 0 Å². The van der Waals surface area contributed by atoms with Crippen molar-refractivity contribution in [2.75, 3.05) is 13.2 Å². The molecule has 0 fully saturated rings. The SMILES string of the molecule is C[C@H](OC[C@@H](O)C[NH2+][C@@H]1CCCc2ccccc21)c1ccc(Cl)cc1. The molecule has 0 radical (unpaired) electrons. The number of fused-ring (bicyclic) bond motifs is 1. The largest absolute Gasteiger partial charge is 0.385 e. The molecule has 0 saturated heterocycles. The molecule has 0 saturated carbocycles. The maximum Gasteiger partial charge on any atom is 0.126 e. The fraction of sp³-hybridized carbons (Fsp3) is 0.429. The summed E-state index contributed by atoms with van der Waals surface area (Å²) >= 11 is 5.91. The number of hydrogen-bond acceptors (Lipinski definition) is 2. The Hall–Kier alpha value is -1.39. The van der Waals surface area contributed by atoms with Crippen molar-refractivity contribution in [3.05, 3.63) is 70.2 Å². The summed E-state index contributed by atoms with van der Waals surface area (Å²) in [6.07, 6.45) is 3.04. The lowest BCUT2D eigenvalue weighted by molar-refractivity contribution is -0.703. The highest BCUT2D eigenvalue weighted by Crippen LogP contribution is 2.26. The van der Waals surface area contributed by atoms with Crippen LogP contribution in [0.4, 0.5) is 0 Å². The number of halogens is 1. The molecular formula is C21H27ClNO2+. The van der Waals surface area contributed by atoms with E-state index in [1.54, 1.807) is 0 Å². The molecule has 3 rings (SSSR count). The highest BCUT2D eigenvalue weighted by molar-refractivity contribution is 6.30. The van der Waals surface area contributed by atoms with E-state index in [4.69, 9.17) is 16.3 Å². The normalized spacial score (nSPS) is 19.2. The van der Waals surface area contributed by atoms with Gasteiger partial charge in [-0.1, -0.05) is 48.0 Å². The van der Waals surface area contributed by atoms with Crippen molar-refractivity contribution in [2.24, 2.45) is 0 Å². The van der Waals surface area contributed by atoms with E-state index in [9.17, 15) is 5.11 Å². The second kappa shape index (κ2) is 8.81. The lowest BCUT2D eigenvalue weighted by Gasteiger charge is -2.25. The molecule has 1 aliphatic rings. The molecule has 0 aromatic heterocycles. The zero-order valence-corrected chi connectivity index (χ0v) is 15.5. The molecule has 2 aromatic carbocycles. The smallest absolute Gasteiger partial charge is 0.126 e. The second-order valence-corrected chi connectivity index (χ2v) is 7.29. The van der Waals surface area contributed by atoms with Gasteiger partial charge in [-0.25, -0.2) is 0 Å². The summed E-state index contributed by atoms with van der Waals surface area (Å²) in [5.74, 6) is 0. The summed E-state index contributed by atoms with van der Waals surface area (Å²) in [7, 11) is 0. The molecule has 3 N–H and O–H groups in total. The predicted octanol–water partition coefficient (Wildman–Crippen LogP) is 3.42. The molecule has 25 heavy (non-hydrogen) atoms. The molecule has 0 heterocycles. The quantitative estimate of drug-likeness (QED) is 0.794. The van der Waals surface area contributed by atoms with Crippen LogP contribution in [0.1, 0.15) is 48.6 Å². The third kappa shape index (κ3) is 5.05. The van der Waals surface area contributed by atoms with Crippen LogP contribution in [0.2, 0.25) is 5.02 Å². The number of benzene rings is 2. The Morgan fingerprint density at radius 2 is 1.96 bits per heavy atom. The van der Waals surface area contributed by atoms with Crippen molar-refractivity contribution in [2.45, 2.75) is 44.4 Å². The number of ether oxygens (including phenoxy) is 1. The van der Waals surface area contributed by atoms with E-state index in [0.29, 0.717) is 19.2 Å². The maximum absolute atomic E-state index is 10.3. The van der Waals surface area contributed by atoms with Crippen molar-refractivity contribution < 1.29 is 15.2 Å². The summed E-state index contributed by atoms with van der Waals surface area (Å²) in [6.45, 7) is 3.00. The van der Waals surface area contributed by atoms with Gasteiger partial charge in [0.15, 0.2) is 0 Å². The van der Waals surface area contributed by atoms with Gasteiger partial charge in [-0.15, -0.1) is 0 Å². The zero-order valence-electron chi connectivity index (χ0n) is 14.7. The number of aryl methyl sites for hydroxylation is 1. The van der Waals surface area contributed by atoms with Crippen LogP contribution in [-0.2, 0) is 11.2 Å². The molecule has 0 unspecified atom stereocenters. The van der Waals surface area contributed by atoms with Crippen LogP contribution >= 0.6 is 11.6 Å². The first-order chi connectivity index (χ1) is 12.1. The van der Waals surface area contributed by atoms with Crippen LogP contribution in [0.3, 0.4) is 0 Å². The Morgan fingerprint density at radius 3 is 2.76 bits per heavy atom. The number of aliphatic hydroxyl groups excluding tert-OH is 1. The Morgan fingerprint density at radius 1 is 1.20 bits per heavy atom. The van der Waals surface area contributed by atoms with E-state index >= 15 is 0 Å². The number of quaternary nitrogens is 1. The van der Waals surface area contributed by atoms with E-state index in [1.807, 2.05) is 31.2 Å². The average molecular weight is 361 g/mol. The molecule has 0 aliphatic heterocycles. The van der Waals surface area contributed by atoms with Crippen LogP contribution in [-0.4, -0.2) is 24.4 Å². The van der Waals surface area contributed by atoms with Gasteiger partial charge in [-0.05, 0) is 43.0 Å². The standard InChI is InChI=1S/C21H26ClNO2/c1-15(16-9-11-18(22)12-10-16)25-14-19(24)13-23-21-8-4-6-17-5-2-3-7-20(17)21/h2-3,5,7,9-12,15,19,21,23-24H,4,6,8,13-14H2,1H3/p+1/t15-,19-,21+/m0/s1. The highest BCUT2D eigenvalue weighted by Gasteiger charge is 2.23. The van der Waals surface area contributed by atoms with Gasteiger partial charge in [0.25, 0.3) is 0 Å². The monoisotopic (exact) mass is 360 g/mol. The molecular weight excluding hydrogens is 334 g/mol. The van der Waals surface area contributed by atoms with Crippen LogP contribution in [0.25, 0.3) is 0 Å². The minimum absolute atomic E-state index is 0.0534. The topological polar surface area (TPSA) is 46.1 Å². The van der Waals surface area contributed by atoms with Gasteiger partial charge in [0.1, 0.15) is 18.7 Å². The van der Waals surface area contributed by atoms with E-state index in [0.717, 1.165) is 10.6 Å². The lowest BCUT2D eigenvalue weighted by Crippen LogP contribution is -2.87. The van der Waals surface area contributed by atoms with Gasteiger partial charge in [0, 0.05) is 17.0 Å². The Labute approximate surface area is 155 Å². The molecule has 0 spiro atoms. The predicted molar refractivity (Wildman–Crippen MR) is 101 cm³/mol. The van der Waals surface area contributed by atoms with E-state index in [1.165, 1.54) is 30.4 Å². The van der Waals surface area contributed by atoms with E-state index < -0.39 is 6.10 Å². The van der Waals surface area contributed by atoms with Gasteiger partial charge >= 0.3 is 0 Å². The molecule has 1 aliphatic carbocycles. The van der Waals surface area contributed by atoms with Gasteiger partial charge in [-0.2, -0.15) is 0 Å². The molecule has 0 amide bonds. The third-order valence-electron chi connectivity index (χ3n) is 4.99. The first kappa shape index (κ1) is 18.4. The van der Waals surface area contributed by atoms with E-state index in [-0.39, 0.29) is 6.10 Å². The maximum atomic E-state index is 10.3. The second-order valence-electron chi connectivity index (χ2n) is 6.85. The summed E-state index contributed by atoms with van der Waals surface area (Å²) < 4.78 is 5.83. The third-order valence-corrected chi connectivity index (χ3v) is 5.24. The summed E-state index contributed by atoms with van der Waals surface area (Å²) in [4.78, 5) is 0. The first-order valence-corrected chi connectivity index (χ1v) is 9.47. The fourth-order valence-corrected chi connectivity index (χ4v) is 3.64. The Balaban J connectivity index is 1.46. The van der Waals surface area contributed by atoms with Crippen molar-refractivity contribution in [3.8, 4) is 0 Å². The molecule has 2 aromatic rings. The first-order valence-electron chi connectivity index (χ1n) is 9.09. The van der Waals surface area contributed by atoms with Crippen LogP contribution in [0.5, 0.6) is 0 Å². The number of rotatable bonds is 7. The Kier molecular flexibility index (Phi) is 6.49. The molecule has 4 heteroatoms. The van der Waals surface area contributed by atoms with Crippen molar-refractivity contribution in [1.82, 2.24) is 0 Å². The van der Waals surface area contributed by atoms with E-state index in [2.05, 4.69) is 29.6 Å². The average Bonchev–Trinajstić information content (AvgIpc) is 2.65. The minimum Gasteiger partial charge on any atom is -0.385 e. The summed E-state index contributed by atoms with van der Waals surface area (Å²) in [5, 5.41) is 13.3. The molecule has 3 nitrogen and oxygen atoms in total. The number of hydrogen-bond donors (Lipinski definition) is 2. The van der Waals surface area contributed by atoms with Gasteiger partial charge in [-0.3, -0.25) is 0 Å². The Bertz CT molecular complexity index is 674.